The minimum Gasteiger partial charge on any atom is -0.507 e. The van der Waals surface area contributed by atoms with Crippen LogP contribution in [0, 0.1) is 41.8 Å². The minimum absolute atomic E-state index is 0.00807. The van der Waals surface area contributed by atoms with Gasteiger partial charge in [-0.2, -0.15) is 0 Å². The molecule has 11 rings (SSSR count). The first kappa shape index (κ1) is 66.8. The van der Waals surface area contributed by atoms with E-state index < -0.39 is 194 Å². The van der Waals surface area contributed by atoms with Crippen molar-refractivity contribution in [3.05, 3.63) is 110 Å². The quantitative estimate of drug-likeness (QED) is 0.118. The third-order valence-electron chi connectivity index (χ3n) is 18.8. The van der Waals surface area contributed by atoms with Crippen molar-refractivity contribution in [2.75, 3.05) is 13.4 Å². The lowest BCUT2D eigenvalue weighted by Crippen LogP contribution is -2.50. The van der Waals surface area contributed by atoms with Gasteiger partial charge in [0.1, 0.15) is 54.6 Å². The van der Waals surface area contributed by atoms with Gasteiger partial charge in [-0.15, -0.1) is 0 Å². The summed E-state index contributed by atoms with van der Waals surface area (Å²) in [5.74, 6) is -16.0. The number of halogens is 1. The van der Waals surface area contributed by atoms with E-state index in [1.165, 1.54) is 85.9 Å². The summed E-state index contributed by atoms with van der Waals surface area (Å²) in [6.07, 6.45) is -0.404. The average molecular weight is 1280 g/mol. The van der Waals surface area contributed by atoms with Crippen molar-refractivity contribution < 1.29 is 106 Å². The van der Waals surface area contributed by atoms with Crippen molar-refractivity contribution >= 4 is 58.0 Å². The highest BCUT2D eigenvalue weighted by Crippen LogP contribution is 2.54. The van der Waals surface area contributed by atoms with Gasteiger partial charge in [-0.1, -0.05) is 39.0 Å². The standard InChI is InChI=1S/C66H76FN3O22/c1-27-14-13-15-36(33(7)89-63(83)64(10,11)23-44(73)69-66(17-18-66)49-39(67)20-37-50-59(49)84-25-28(2)70(50)24-38(54(37)77)62(81)82)52(75)30(4)51(74)31(5)56(90-35(9)71)29(3)42(91-45-22-43-58(34(8)88-45)86-26-85-43)16-19-87-65(12)60(79)48-46-41(72)21-40(68-61(27)80)55(78)47(46)53(76)32(6)57(48)92-65/h13-16,19-21,24,28-31,33-34,36,42-43,45,51-52,56,58,74-76H,17-18,22-23,25-26H2,1-12H3,(H,68,80)(H,69,73)(H,81,82)/b15-13+,19-16+,27-14-/t28-,29+,30-,31+,33?,34+,36+,42-,43-,45-,51+,52+,56+,58+,65-/m0/s1. The number of phenols is 1. The molecule has 2 saturated heterocycles. The molecule has 6 aliphatic heterocycles. The predicted molar refractivity (Wildman–Crippen MR) is 320 cm³/mol. The number of phenolic OH excluding ortho intramolecular Hbond substituents is 1. The van der Waals surface area contributed by atoms with Crippen LogP contribution in [0.25, 0.3) is 10.9 Å². The molecular formula is C66H76FN3O22. The van der Waals surface area contributed by atoms with Crippen LogP contribution in [0.1, 0.15) is 160 Å². The molecule has 494 valence electrons. The largest absolute Gasteiger partial charge is 0.507 e. The number of hydrogen-bond donors (Lipinski definition) is 6. The van der Waals surface area contributed by atoms with Crippen molar-refractivity contribution in [3.63, 3.8) is 0 Å². The topological polar surface area (TPSA) is 347 Å². The number of amides is 2. The number of carbonyl (C=O) groups excluding carboxylic acids is 7. The van der Waals surface area contributed by atoms with E-state index in [9.17, 15) is 63.6 Å². The Kier molecular flexibility index (Phi) is 18.2. The monoisotopic (exact) mass is 1280 g/mol. The van der Waals surface area contributed by atoms with Crippen LogP contribution in [0.15, 0.2) is 65.0 Å². The summed E-state index contributed by atoms with van der Waals surface area (Å²) in [5.41, 5.74) is -6.39. The van der Waals surface area contributed by atoms with Gasteiger partial charge in [0.05, 0.1) is 92.6 Å². The summed E-state index contributed by atoms with van der Waals surface area (Å²) in [7, 11) is 0. The van der Waals surface area contributed by atoms with Crippen LogP contribution in [0.5, 0.6) is 17.2 Å². The van der Waals surface area contributed by atoms with E-state index in [2.05, 4.69) is 10.6 Å². The molecule has 25 nitrogen and oxygen atoms in total. The van der Waals surface area contributed by atoms with Crippen LogP contribution < -0.4 is 25.5 Å². The Bertz CT molecular complexity index is 3800. The van der Waals surface area contributed by atoms with Crippen LogP contribution >= 0.6 is 0 Å². The zero-order valence-corrected chi connectivity index (χ0v) is 52.9. The molecule has 2 aliphatic carbocycles. The van der Waals surface area contributed by atoms with Gasteiger partial charge >= 0.3 is 23.7 Å². The molecule has 26 heteroatoms. The number of fused-ring (bicyclic) bond motifs is 15. The van der Waals surface area contributed by atoms with E-state index in [1.807, 2.05) is 0 Å². The molecule has 2 amide bonds. The van der Waals surface area contributed by atoms with Crippen LogP contribution in [0.3, 0.4) is 0 Å². The number of hydrogen-bond acceptors (Lipinski definition) is 21. The van der Waals surface area contributed by atoms with Crippen molar-refractivity contribution in [1.29, 1.82) is 0 Å². The van der Waals surface area contributed by atoms with Crippen LogP contribution in [-0.4, -0.2) is 146 Å². The molecule has 15 atom stereocenters. The number of esters is 2. The number of nitrogens with one attached hydrogen (secondary N) is 2. The van der Waals surface area contributed by atoms with Gasteiger partial charge < -0.3 is 78.3 Å². The number of aliphatic hydroxyl groups excluding tert-OH is 2. The molecule has 1 unspecified atom stereocenters. The molecule has 0 radical (unpaired) electrons. The fraction of sp³-hybridized carbons (Fsp3) is 0.530. The molecule has 5 bridgehead atoms. The number of aromatic nitrogens is 1. The van der Waals surface area contributed by atoms with Crippen LogP contribution in [0.2, 0.25) is 0 Å². The third-order valence-corrected chi connectivity index (χ3v) is 18.8. The fourth-order valence-electron chi connectivity index (χ4n) is 13.2. The van der Waals surface area contributed by atoms with E-state index >= 15 is 4.39 Å². The number of carboxylic acid groups (broad SMARTS) is 1. The minimum atomic E-state index is -2.22. The summed E-state index contributed by atoms with van der Waals surface area (Å²) in [6, 6.07) is 0.497. The highest BCUT2D eigenvalue weighted by molar-refractivity contribution is 6.31. The Morgan fingerprint density at radius 2 is 1.65 bits per heavy atom. The van der Waals surface area contributed by atoms with Crippen LogP contribution in [0.4, 0.5) is 4.39 Å². The number of aliphatic hydroxyl groups is 2. The molecule has 1 saturated carbocycles. The van der Waals surface area contributed by atoms with Gasteiger partial charge in [0.15, 0.2) is 17.8 Å². The number of ketones is 3. The molecule has 2 aromatic carbocycles. The molecule has 92 heavy (non-hydrogen) atoms. The smallest absolute Gasteiger partial charge is 0.341 e. The van der Waals surface area contributed by atoms with Gasteiger partial charge in [0, 0.05) is 73.8 Å². The molecular weight excluding hydrogens is 1210 g/mol. The zero-order valence-electron chi connectivity index (χ0n) is 52.9. The Morgan fingerprint density at radius 3 is 2.33 bits per heavy atom. The number of pyridine rings is 1. The number of ether oxygens (including phenoxy) is 9. The average Bonchev–Trinajstić information content (AvgIpc) is 1.40. The van der Waals surface area contributed by atoms with Crippen molar-refractivity contribution in [2.45, 2.75) is 181 Å². The number of aromatic carboxylic acids is 1. The lowest BCUT2D eigenvalue weighted by atomic mass is 9.77. The summed E-state index contributed by atoms with van der Waals surface area (Å²) >= 11 is 0. The zero-order chi connectivity index (χ0) is 67.1. The molecule has 3 fully saturated rings. The van der Waals surface area contributed by atoms with Gasteiger partial charge in [-0.3, -0.25) is 38.4 Å². The van der Waals surface area contributed by atoms with E-state index in [-0.39, 0.29) is 77.3 Å². The van der Waals surface area contributed by atoms with Crippen molar-refractivity contribution in [1.82, 2.24) is 15.2 Å². The molecule has 6 N–H and O–H groups in total. The van der Waals surface area contributed by atoms with Gasteiger partial charge in [-0.25, -0.2) is 9.18 Å². The van der Waals surface area contributed by atoms with E-state index in [0.29, 0.717) is 0 Å². The maximum absolute atomic E-state index is 16.4. The molecule has 8 aliphatic rings. The third kappa shape index (κ3) is 12.2. The van der Waals surface area contributed by atoms with Gasteiger partial charge in [0.25, 0.3) is 11.7 Å². The van der Waals surface area contributed by atoms with Crippen LogP contribution in [-0.2, 0) is 57.9 Å². The second-order valence-electron chi connectivity index (χ2n) is 26.0. The van der Waals surface area contributed by atoms with E-state index in [4.69, 9.17) is 42.6 Å². The SMILES string of the molecule is CC(=O)O[C@H]1[C@H](C)[C@H](O)[C@H](C)[C@@H](O)[C@@H](C(C)OC(=O)C(C)(C)CC(=O)NC2(c3c(F)cc4c(=O)c(C(=O)O)cn5c4c3OC[C@@H]5C)CC2)/C=C/C=C(/C)C(=O)NC2=CC(=O)c3c(c(O)c(C)c4c3C(=O)[C@@](C)(O/C=C/[C@H](O[C@H]3C[C@@H]5OCO[C@@H]5[C@@H](C)O3)[C@H]1C)O4)C2=O. The lowest BCUT2D eigenvalue weighted by Gasteiger charge is -2.41. The molecule has 3 aromatic rings. The first-order valence-electron chi connectivity index (χ1n) is 30.5. The van der Waals surface area contributed by atoms with E-state index in [1.54, 1.807) is 32.3 Å². The highest BCUT2D eigenvalue weighted by Gasteiger charge is 2.54. The Morgan fingerprint density at radius 1 is 0.946 bits per heavy atom. The number of carbonyl (C=O) groups is 8. The molecule has 0 spiro atoms. The van der Waals surface area contributed by atoms with Crippen molar-refractivity contribution in [3.8, 4) is 17.2 Å². The number of benzene rings is 2. The summed E-state index contributed by atoms with van der Waals surface area (Å²) in [5, 5.41) is 51.4. The lowest BCUT2D eigenvalue weighted by molar-refractivity contribution is -0.246. The summed E-state index contributed by atoms with van der Waals surface area (Å²) in [4.78, 5) is 124. The highest BCUT2D eigenvalue weighted by atomic mass is 19.1. The Labute approximate surface area is 527 Å². The summed E-state index contributed by atoms with van der Waals surface area (Å²) < 4.78 is 72.7. The maximum Gasteiger partial charge on any atom is 0.341 e. The molecule has 7 heterocycles. The van der Waals surface area contributed by atoms with Crippen molar-refractivity contribution in [2.24, 2.45) is 29.1 Å². The number of aromatic hydroxyl groups is 1. The second-order valence-corrected chi connectivity index (χ2v) is 26.0. The molecule has 1 aromatic heterocycles. The van der Waals surface area contributed by atoms with Gasteiger partial charge in [-0.05, 0) is 73.5 Å². The first-order chi connectivity index (χ1) is 43.2. The Hall–Kier alpha value is -8.14. The number of carboxylic acids is 1. The first-order valence-corrected chi connectivity index (χ1v) is 30.5. The number of allylic oxidation sites excluding steroid dienone is 4. The normalized spacial score (nSPS) is 31.9. The van der Waals surface area contributed by atoms with E-state index in [0.717, 1.165) is 18.4 Å². The van der Waals surface area contributed by atoms with Gasteiger partial charge in [0.2, 0.25) is 17.1 Å². The Balaban J connectivity index is 0.955. The number of nitrogens with zero attached hydrogens (tertiary/aromatic N) is 1. The maximum atomic E-state index is 16.4. The summed E-state index contributed by atoms with van der Waals surface area (Å²) in [6.45, 7) is 17.8. The number of Topliss-reactive ketones (excluding diaryl/α,β-unsaturated/α-hetero) is 2. The number of rotatable bonds is 11. The predicted octanol–water partition coefficient (Wildman–Crippen LogP) is 6.12. The second kappa shape index (κ2) is 25.1. The fourth-order valence-corrected chi connectivity index (χ4v) is 13.2.